The lowest BCUT2D eigenvalue weighted by molar-refractivity contribution is 1.31. The van der Waals surface area contributed by atoms with Crippen LogP contribution in [-0.4, -0.2) is 15.0 Å². The third-order valence-corrected chi connectivity index (χ3v) is 5.46. The number of rotatable bonds is 2. The molecule has 0 aliphatic carbocycles. The van der Waals surface area contributed by atoms with Crippen molar-refractivity contribution in [2.75, 3.05) is 5.32 Å². The van der Waals surface area contributed by atoms with E-state index in [0.29, 0.717) is 5.56 Å². The van der Waals surface area contributed by atoms with E-state index in [4.69, 9.17) is 0 Å². The van der Waals surface area contributed by atoms with Gasteiger partial charge in [-0.3, -0.25) is 4.98 Å². The van der Waals surface area contributed by atoms with Crippen molar-refractivity contribution in [3.63, 3.8) is 0 Å². The van der Waals surface area contributed by atoms with E-state index in [1.165, 1.54) is 11.3 Å². The molecule has 1 aromatic carbocycles. The van der Waals surface area contributed by atoms with Crippen LogP contribution in [0, 0.1) is 23.2 Å². The summed E-state index contributed by atoms with van der Waals surface area (Å²) in [5, 5.41) is 15.0. The van der Waals surface area contributed by atoms with Gasteiger partial charge in [-0.05, 0) is 42.5 Å². The molecular formula is C23H13N5S. The summed E-state index contributed by atoms with van der Waals surface area (Å²) in [5.74, 6) is 6.29. The first kappa shape index (κ1) is 17.0. The van der Waals surface area contributed by atoms with Crippen molar-refractivity contribution in [3.05, 3.63) is 83.3 Å². The van der Waals surface area contributed by atoms with Crippen molar-refractivity contribution < 1.29 is 0 Å². The van der Waals surface area contributed by atoms with Gasteiger partial charge in [0.1, 0.15) is 10.9 Å². The van der Waals surface area contributed by atoms with Crippen LogP contribution in [0.5, 0.6) is 0 Å². The summed E-state index contributed by atoms with van der Waals surface area (Å²) in [6, 6.07) is 16.1. The van der Waals surface area contributed by atoms with Gasteiger partial charge in [0, 0.05) is 52.3 Å². The van der Waals surface area contributed by atoms with Crippen LogP contribution >= 0.6 is 11.3 Å². The lowest BCUT2D eigenvalue weighted by Crippen LogP contribution is -1.95. The third-order valence-electron chi connectivity index (χ3n) is 4.50. The fourth-order valence-electron chi connectivity index (χ4n) is 3.12. The maximum atomic E-state index is 9.59. The number of thiophene rings is 1. The number of nitriles is 1. The predicted molar refractivity (Wildman–Crippen MR) is 116 cm³/mol. The van der Waals surface area contributed by atoms with Gasteiger partial charge in [0.05, 0.1) is 16.1 Å². The van der Waals surface area contributed by atoms with Crippen LogP contribution in [0.1, 0.15) is 16.0 Å². The molecular weight excluding hydrogens is 378 g/mol. The quantitative estimate of drug-likeness (QED) is 0.406. The molecule has 0 fully saturated rings. The van der Waals surface area contributed by atoms with E-state index in [1.807, 2.05) is 42.6 Å². The number of pyridine rings is 2. The molecule has 5 rings (SSSR count). The smallest absolute Gasteiger partial charge is 0.126 e. The minimum Gasteiger partial charge on any atom is -0.361 e. The van der Waals surface area contributed by atoms with Gasteiger partial charge in [-0.2, -0.15) is 5.26 Å². The van der Waals surface area contributed by atoms with E-state index in [9.17, 15) is 5.26 Å². The summed E-state index contributed by atoms with van der Waals surface area (Å²) >= 11 is 1.50. The average molecular weight is 391 g/mol. The third kappa shape index (κ3) is 3.29. The summed E-state index contributed by atoms with van der Waals surface area (Å²) in [7, 11) is 0. The predicted octanol–water partition coefficient (Wildman–Crippen LogP) is 5.19. The Kier molecular flexibility index (Phi) is 4.18. The molecule has 0 bridgehead atoms. The van der Waals surface area contributed by atoms with Gasteiger partial charge in [0.2, 0.25) is 0 Å². The van der Waals surface area contributed by atoms with Crippen molar-refractivity contribution in [1.82, 2.24) is 15.0 Å². The lowest BCUT2D eigenvalue weighted by Gasteiger charge is -2.09. The highest BCUT2D eigenvalue weighted by Gasteiger charge is 2.12. The Morgan fingerprint density at radius 3 is 2.90 bits per heavy atom. The zero-order valence-electron chi connectivity index (χ0n) is 15.1. The van der Waals surface area contributed by atoms with Crippen molar-refractivity contribution in [1.29, 1.82) is 5.26 Å². The van der Waals surface area contributed by atoms with Gasteiger partial charge in [-0.1, -0.05) is 11.8 Å². The van der Waals surface area contributed by atoms with E-state index in [2.05, 4.69) is 44.2 Å². The van der Waals surface area contributed by atoms with Crippen molar-refractivity contribution in [2.24, 2.45) is 0 Å². The fourth-order valence-corrected chi connectivity index (χ4v) is 3.98. The van der Waals surface area contributed by atoms with Crippen LogP contribution in [0.15, 0.2) is 67.3 Å². The molecule has 5 nitrogen and oxygen atoms in total. The van der Waals surface area contributed by atoms with Crippen LogP contribution in [0.2, 0.25) is 0 Å². The molecule has 4 aromatic heterocycles. The van der Waals surface area contributed by atoms with Crippen LogP contribution < -0.4 is 5.32 Å². The molecule has 0 aliphatic heterocycles. The lowest BCUT2D eigenvalue weighted by atomic mass is 10.1. The molecule has 0 saturated heterocycles. The molecule has 4 heterocycles. The molecule has 0 spiro atoms. The second-order valence-corrected chi connectivity index (χ2v) is 7.42. The number of aromatic nitrogens is 3. The normalized spacial score (nSPS) is 10.4. The summed E-state index contributed by atoms with van der Waals surface area (Å²) < 4.78 is 0. The monoisotopic (exact) mass is 391 g/mol. The van der Waals surface area contributed by atoms with Crippen molar-refractivity contribution >= 4 is 43.8 Å². The number of H-pyrrole nitrogens is 1. The first-order valence-electron chi connectivity index (χ1n) is 8.89. The summed E-state index contributed by atoms with van der Waals surface area (Å²) in [6.07, 6.45) is 6.97. The SMILES string of the molecule is N#Cc1cnc2sc(C#Cc3cccnc3)cc2c1Nc1ccc2[nH]ccc2c1. The highest BCUT2D eigenvalue weighted by Crippen LogP contribution is 2.34. The number of hydrogen-bond acceptors (Lipinski definition) is 5. The van der Waals surface area contributed by atoms with Crippen LogP contribution in [0.3, 0.4) is 0 Å². The summed E-state index contributed by atoms with van der Waals surface area (Å²) in [5.41, 5.74) is 4.08. The molecule has 0 atom stereocenters. The van der Waals surface area contributed by atoms with Gasteiger partial charge in [0.15, 0.2) is 0 Å². The fraction of sp³-hybridized carbons (Fsp3) is 0. The van der Waals surface area contributed by atoms with Gasteiger partial charge in [-0.15, -0.1) is 11.3 Å². The molecule has 29 heavy (non-hydrogen) atoms. The number of hydrogen-bond donors (Lipinski definition) is 2. The number of nitrogens with zero attached hydrogens (tertiary/aromatic N) is 3. The van der Waals surface area contributed by atoms with Gasteiger partial charge in [-0.25, -0.2) is 4.98 Å². The molecule has 136 valence electrons. The molecule has 0 aliphatic rings. The first-order chi connectivity index (χ1) is 14.3. The molecule has 6 heteroatoms. The molecule has 0 amide bonds. The van der Waals surface area contributed by atoms with Gasteiger partial charge < -0.3 is 10.3 Å². The Bertz CT molecular complexity index is 1450. The van der Waals surface area contributed by atoms with E-state index in [0.717, 1.165) is 42.9 Å². The highest BCUT2D eigenvalue weighted by molar-refractivity contribution is 7.19. The minimum atomic E-state index is 0.497. The Labute approximate surface area is 170 Å². The molecule has 0 saturated carbocycles. The molecule has 0 radical (unpaired) electrons. The van der Waals surface area contributed by atoms with Gasteiger partial charge >= 0.3 is 0 Å². The highest BCUT2D eigenvalue weighted by atomic mass is 32.1. The van der Waals surface area contributed by atoms with Crippen molar-refractivity contribution in [3.8, 4) is 17.9 Å². The number of nitrogens with one attached hydrogen (secondary N) is 2. The Balaban J connectivity index is 1.57. The maximum absolute atomic E-state index is 9.59. The number of fused-ring (bicyclic) bond motifs is 2. The first-order valence-corrected chi connectivity index (χ1v) is 9.71. The standard InChI is InChI=1S/C23H13N5S/c24-12-17-14-27-23-20(11-19(29-23)5-3-15-2-1-8-25-13-15)22(17)28-18-4-6-21-16(10-18)7-9-26-21/h1-2,4,6-11,13-14,26H,(H,27,28). The number of aromatic amines is 1. The van der Waals surface area contributed by atoms with Crippen LogP contribution in [0.25, 0.3) is 21.1 Å². The molecule has 0 unspecified atom stereocenters. The molecule has 5 aromatic rings. The zero-order valence-corrected chi connectivity index (χ0v) is 15.9. The topological polar surface area (TPSA) is 77.4 Å². The minimum absolute atomic E-state index is 0.497. The van der Waals surface area contributed by atoms with Gasteiger partial charge in [0.25, 0.3) is 0 Å². The largest absolute Gasteiger partial charge is 0.361 e. The van der Waals surface area contributed by atoms with Crippen LogP contribution in [-0.2, 0) is 0 Å². The van der Waals surface area contributed by atoms with E-state index in [1.54, 1.807) is 18.6 Å². The number of benzene rings is 1. The van der Waals surface area contributed by atoms with Crippen molar-refractivity contribution in [2.45, 2.75) is 0 Å². The second-order valence-electron chi connectivity index (χ2n) is 6.38. The summed E-state index contributed by atoms with van der Waals surface area (Å²) in [4.78, 5) is 13.4. The maximum Gasteiger partial charge on any atom is 0.126 e. The Morgan fingerprint density at radius 1 is 1.07 bits per heavy atom. The zero-order chi connectivity index (χ0) is 19.6. The Morgan fingerprint density at radius 2 is 2.03 bits per heavy atom. The van der Waals surface area contributed by atoms with E-state index in [-0.39, 0.29) is 0 Å². The second kappa shape index (κ2) is 7.12. The average Bonchev–Trinajstić information content (AvgIpc) is 3.39. The molecule has 2 N–H and O–H groups in total. The van der Waals surface area contributed by atoms with Crippen LogP contribution in [0.4, 0.5) is 11.4 Å². The number of anilines is 2. The Hall–Kier alpha value is -4.13. The summed E-state index contributed by atoms with van der Waals surface area (Å²) in [6.45, 7) is 0. The van der Waals surface area contributed by atoms with E-state index >= 15 is 0 Å². The van der Waals surface area contributed by atoms with E-state index < -0.39 is 0 Å².